The van der Waals surface area contributed by atoms with Crippen LogP contribution in [0.15, 0.2) is 18.2 Å². The fourth-order valence-electron chi connectivity index (χ4n) is 2.50. The average Bonchev–Trinajstić information content (AvgIpc) is 2.51. The van der Waals surface area contributed by atoms with Gasteiger partial charge in [-0.3, -0.25) is 0 Å². The van der Waals surface area contributed by atoms with E-state index in [9.17, 15) is 0 Å². The molecule has 0 heterocycles. The van der Waals surface area contributed by atoms with Crippen molar-refractivity contribution in [3.05, 3.63) is 29.3 Å². The lowest BCUT2D eigenvalue weighted by Gasteiger charge is -2.25. The van der Waals surface area contributed by atoms with Gasteiger partial charge in [-0.25, -0.2) is 0 Å². The van der Waals surface area contributed by atoms with Crippen molar-refractivity contribution in [1.29, 1.82) is 0 Å². The highest BCUT2D eigenvalue weighted by Crippen LogP contribution is 2.34. The van der Waals surface area contributed by atoms with Crippen LogP contribution in [0.25, 0.3) is 0 Å². The summed E-state index contributed by atoms with van der Waals surface area (Å²) < 4.78 is 0. The summed E-state index contributed by atoms with van der Waals surface area (Å²) in [6, 6.07) is 6.64. The Labute approximate surface area is 148 Å². The molecule has 0 aliphatic heterocycles. The quantitative estimate of drug-likeness (QED) is 0.620. The van der Waals surface area contributed by atoms with Crippen LogP contribution in [0.5, 0.6) is 0 Å². The standard InChI is InChI=1S/C20H34N2S/c1-8-14(3)16-11-10-12-17(15(4)9-2)18(16)22-19(23)21-13-20(5,6)7/h10-12,14-15H,8-9,13H2,1-7H3,(H2,21,22,23). The minimum absolute atomic E-state index is 0.210. The highest BCUT2D eigenvalue weighted by Gasteiger charge is 2.18. The summed E-state index contributed by atoms with van der Waals surface area (Å²) in [7, 11) is 0. The predicted octanol–water partition coefficient (Wildman–Crippen LogP) is 6.05. The van der Waals surface area contributed by atoms with Gasteiger partial charge in [0.05, 0.1) is 0 Å². The van der Waals surface area contributed by atoms with Crippen LogP contribution in [0.2, 0.25) is 0 Å². The summed E-state index contributed by atoms with van der Waals surface area (Å²) >= 11 is 5.55. The van der Waals surface area contributed by atoms with Gasteiger partial charge in [0.25, 0.3) is 0 Å². The lowest BCUT2D eigenvalue weighted by molar-refractivity contribution is 0.409. The molecule has 1 rings (SSSR count). The van der Waals surface area contributed by atoms with Gasteiger partial charge in [-0.1, -0.05) is 66.7 Å². The van der Waals surface area contributed by atoms with Gasteiger partial charge in [0.1, 0.15) is 0 Å². The Morgan fingerprint density at radius 3 is 1.91 bits per heavy atom. The molecule has 0 saturated heterocycles. The van der Waals surface area contributed by atoms with E-state index in [1.54, 1.807) is 0 Å². The number of para-hydroxylation sites is 1. The molecule has 0 saturated carbocycles. The molecule has 2 atom stereocenters. The highest BCUT2D eigenvalue weighted by atomic mass is 32.1. The van der Waals surface area contributed by atoms with Crippen LogP contribution in [0.4, 0.5) is 5.69 Å². The van der Waals surface area contributed by atoms with E-state index in [0.717, 1.165) is 24.5 Å². The molecule has 0 aromatic heterocycles. The molecule has 0 fully saturated rings. The van der Waals surface area contributed by atoms with Gasteiger partial charge in [-0.05, 0) is 53.4 Å². The lowest BCUT2D eigenvalue weighted by Crippen LogP contribution is -2.35. The van der Waals surface area contributed by atoms with Gasteiger partial charge in [0.2, 0.25) is 0 Å². The molecular formula is C20H34N2S. The summed E-state index contributed by atoms with van der Waals surface area (Å²) in [6.07, 6.45) is 2.25. The predicted molar refractivity (Wildman–Crippen MR) is 108 cm³/mol. The maximum atomic E-state index is 5.55. The van der Waals surface area contributed by atoms with Crippen molar-refractivity contribution in [2.75, 3.05) is 11.9 Å². The summed E-state index contributed by atoms with van der Waals surface area (Å²) in [5.74, 6) is 1.04. The highest BCUT2D eigenvalue weighted by molar-refractivity contribution is 7.80. The van der Waals surface area contributed by atoms with Crippen LogP contribution < -0.4 is 10.6 Å². The normalized spacial score (nSPS) is 14.2. The molecule has 0 aliphatic rings. The van der Waals surface area contributed by atoms with Crippen molar-refractivity contribution in [3.63, 3.8) is 0 Å². The second kappa shape index (κ2) is 8.68. The monoisotopic (exact) mass is 334 g/mol. The molecule has 2 unspecified atom stereocenters. The van der Waals surface area contributed by atoms with Crippen molar-refractivity contribution in [3.8, 4) is 0 Å². The van der Waals surface area contributed by atoms with Crippen LogP contribution in [-0.4, -0.2) is 11.7 Å². The molecule has 1 aromatic carbocycles. The Morgan fingerprint density at radius 1 is 1.04 bits per heavy atom. The van der Waals surface area contributed by atoms with Crippen LogP contribution >= 0.6 is 12.2 Å². The van der Waals surface area contributed by atoms with Crippen LogP contribution in [0.3, 0.4) is 0 Å². The van der Waals surface area contributed by atoms with Gasteiger partial charge >= 0.3 is 0 Å². The smallest absolute Gasteiger partial charge is 0.170 e. The number of benzene rings is 1. The van der Waals surface area contributed by atoms with Gasteiger partial charge in [0.15, 0.2) is 5.11 Å². The maximum absolute atomic E-state index is 5.55. The van der Waals surface area contributed by atoms with E-state index in [0.29, 0.717) is 11.8 Å². The minimum Gasteiger partial charge on any atom is -0.362 e. The number of anilines is 1. The van der Waals surface area contributed by atoms with Gasteiger partial charge in [0, 0.05) is 12.2 Å². The molecule has 23 heavy (non-hydrogen) atoms. The minimum atomic E-state index is 0.210. The first-order valence-electron chi connectivity index (χ1n) is 8.87. The van der Waals surface area contributed by atoms with Gasteiger partial charge in [-0.15, -0.1) is 0 Å². The van der Waals surface area contributed by atoms with E-state index in [1.165, 1.54) is 16.8 Å². The van der Waals surface area contributed by atoms with Crippen molar-refractivity contribution >= 4 is 23.0 Å². The van der Waals surface area contributed by atoms with Crippen molar-refractivity contribution < 1.29 is 0 Å². The number of hydrogen-bond donors (Lipinski definition) is 2. The summed E-state index contributed by atoms with van der Waals surface area (Å²) in [5, 5.41) is 7.58. The van der Waals surface area contributed by atoms with E-state index in [4.69, 9.17) is 12.2 Å². The van der Waals surface area contributed by atoms with E-state index >= 15 is 0 Å². The largest absolute Gasteiger partial charge is 0.362 e. The number of hydrogen-bond acceptors (Lipinski definition) is 1. The van der Waals surface area contributed by atoms with Crippen LogP contribution in [0, 0.1) is 5.41 Å². The van der Waals surface area contributed by atoms with E-state index in [1.807, 2.05) is 0 Å². The Bertz CT molecular complexity index is 489. The molecule has 2 nitrogen and oxygen atoms in total. The van der Waals surface area contributed by atoms with Gasteiger partial charge < -0.3 is 10.6 Å². The molecule has 0 amide bonds. The van der Waals surface area contributed by atoms with Gasteiger partial charge in [-0.2, -0.15) is 0 Å². The molecule has 3 heteroatoms. The van der Waals surface area contributed by atoms with E-state index in [-0.39, 0.29) is 5.41 Å². The molecule has 0 spiro atoms. The van der Waals surface area contributed by atoms with Crippen molar-refractivity contribution in [2.45, 2.75) is 73.1 Å². The zero-order chi connectivity index (χ0) is 17.6. The van der Waals surface area contributed by atoms with E-state index < -0.39 is 0 Å². The second-order valence-electron chi connectivity index (χ2n) is 7.80. The molecule has 130 valence electrons. The molecule has 0 bridgehead atoms. The maximum Gasteiger partial charge on any atom is 0.170 e. The fraction of sp³-hybridized carbons (Fsp3) is 0.650. The summed E-state index contributed by atoms with van der Waals surface area (Å²) in [4.78, 5) is 0. The number of rotatable bonds is 6. The summed E-state index contributed by atoms with van der Waals surface area (Å²) in [6.45, 7) is 16.5. The first-order chi connectivity index (χ1) is 10.7. The Kier molecular flexibility index (Phi) is 7.53. The van der Waals surface area contributed by atoms with Crippen molar-refractivity contribution in [1.82, 2.24) is 5.32 Å². The number of thiocarbonyl (C=S) groups is 1. The van der Waals surface area contributed by atoms with Crippen LogP contribution in [0.1, 0.15) is 84.3 Å². The fourth-order valence-corrected chi connectivity index (χ4v) is 2.67. The first kappa shape index (κ1) is 20.0. The first-order valence-corrected chi connectivity index (χ1v) is 9.28. The van der Waals surface area contributed by atoms with Crippen LogP contribution in [-0.2, 0) is 0 Å². The van der Waals surface area contributed by atoms with Crippen molar-refractivity contribution in [2.24, 2.45) is 5.41 Å². The topological polar surface area (TPSA) is 24.1 Å². The zero-order valence-electron chi connectivity index (χ0n) is 15.9. The third kappa shape index (κ3) is 6.14. The molecular weight excluding hydrogens is 300 g/mol. The average molecular weight is 335 g/mol. The number of nitrogens with one attached hydrogen (secondary N) is 2. The molecule has 0 radical (unpaired) electrons. The SMILES string of the molecule is CCC(C)c1cccc(C(C)CC)c1NC(=S)NCC(C)(C)C. The zero-order valence-corrected chi connectivity index (χ0v) is 16.7. The summed E-state index contributed by atoms with van der Waals surface area (Å²) in [5.41, 5.74) is 4.15. The third-order valence-corrected chi connectivity index (χ3v) is 4.68. The van der Waals surface area contributed by atoms with E-state index in [2.05, 4.69) is 77.3 Å². The Balaban J connectivity index is 3.07. The second-order valence-corrected chi connectivity index (χ2v) is 8.21. The third-order valence-electron chi connectivity index (χ3n) is 4.43. The Morgan fingerprint density at radius 2 is 1.52 bits per heavy atom. The lowest BCUT2D eigenvalue weighted by atomic mass is 9.89. The molecule has 2 N–H and O–H groups in total. The molecule has 0 aliphatic carbocycles. The molecule has 1 aromatic rings. The Hall–Kier alpha value is -1.09.